The molecule has 0 aliphatic rings. The third-order valence-electron chi connectivity index (χ3n) is 2.72. The minimum absolute atomic E-state index is 0.0582. The molecule has 0 spiro atoms. The first-order chi connectivity index (χ1) is 9.45. The van der Waals surface area contributed by atoms with Crippen LogP contribution in [0.3, 0.4) is 0 Å². The van der Waals surface area contributed by atoms with Crippen LogP contribution in [-0.4, -0.2) is 15.1 Å². The molecule has 0 saturated heterocycles. The summed E-state index contributed by atoms with van der Waals surface area (Å²) in [7, 11) is 0. The zero-order valence-corrected chi connectivity index (χ0v) is 10.7. The minimum atomic E-state index is -4.46. The molecular weight excluding hydrogens is 289 g/mol. The number of phenolic OH excluding ortho intramolecular Hbond substituents is 1. The summed E-state index contributed by atoms with van der Waals surface area (Å²) in [5.74, 6) is -0.239. The Balaban J connectivity index is 2.17. The lowest BCUT2D eigenvalue weighted by Gasteiger charge is -2.08. The number of phenols is 1. The van der Waals surface area contributed by atoms with Crippen molar-refractivity contribution in [2.45, 2.75) is 6.18 Å². The molecule has 7 heteroatoms. The van der Waals surface area contributed by atoms with Gasteiger partial charge >= 0.3 is 6.18 Å². The minimum Gasteiger partial charge on any atom is -0.507 e. The second kappa shape index (κ2) is 4.45. The highest BCUT2D eigenvalue weighted by Gasteiger charge is 2.31. The zero-order chi connectivity index (χ0) is 14.3. The van der Waals surface area contributed by atoms with Crippen molar-refractivity contribution in [2.75, 3.05) is 0 Å². The maximum Gasteiger partial charge on any atom is 0.416 e. The quantitative estimate of drug-likeness (QED) is 0.736. The summed E-state index contributed by atoms with van der Waals surface area (Å²) >= 11 is 1.13. The highest BCUT2D eigenvalue weighted by molar-refractivity contribution is 7.21. The number of thiazole rings is 1. The van der Waals surface area contributed by atoms with Crippen LogP contribution in [0.2, 0.25) is 0 Å². The van der Waals surface area contributed by atoms with E-state index in [1.165, 1.54) is 0 Å². The molecule has 102 valence electrons. The van der Waals surface area contributed by atoms with Gasteiger partial charge in [0.1, 0.15) is 21.1 Å². The number of halogens is 3. The SMILES string of the molecule is Oc1ccc(C(F)(F)F)cc1-c1nc2cccnc2s1. The number of nitrogens with zero attached hydrogens (tertiary/aromatic N) is 2. The van der Waals surface area contributed by atoms with Crippen molar-refractivity contribution in [1.29, 1.82) is 0 Å². The van der Waals surface area contributed by atoms with Gasteiger partial charge < -0.3 is 5.11 Å². The van der Waals surface area contributed by atoms with Crippen LogP contribution >= 0.6 is 11.3 Å². The predicted octanol–water partition coefficient (Wildman–Crippen LogP) is 4.08. The average Bonchev–Trinajstić information content (AvgIpc) is 2.81. The van der Waals surface area contributed by atoms with Crippen LogP contribution in [0.4, 0.5) is 13.2 Å². The van der Waals surface area contributed by atoms with Crippen molar-refractivity contribution in [2.24, 2.45) is 0 Å². The fourth-order valence-electron chi connectivity index (χ4n) is 1.77. The molecule has 3 rings (SSSR count). The fraction of sp³-hybridized carbons (Fsp3) is 0.0769. The van der Waals surface area contributed by atoms with E-state index in [-0.39, 0.29) is 11.3 Å². The third kappa shape index (κ3) is 2.20. The molecule has 20 heavy (non-hydrogen) atoms. The second-order valence-corrected chi connectivity index (χ2v) is 5.05. The maximum absolute atomic E-state index is 12.7. The molecule has 3 aromatic rings. The molecule has 1 N–H and O–H groups in total. The predicted molar refractivity (Wildman–Crippen MR) is 69.5 cm³/mol. The van der Waals surface area contributed by atoms with Crippen molar-refractivity contribution < 1.29 is 18.3 Å². The smallest absolute Gasteiger partial charge is 0.416 e. The number of aromatic nitrogens is 2. The van der Waals surface area contributed by atoms with Gasteiger partial charge in [-0.3, -0.25) is 0 Å². The number of rotatable bonds is 1. The highest BCUT2D eigenvalue weighted by atomic mass is 32.1. The van der Waals surface area contributed by atoms with Gasteiger partial charge in [0.15, 0.2) is 0 Å². The molecule has 2 aromatic heterocycles. The Bertz CT molecular complexity index is 750. The van der Waals surface area contributed by atoms with E-state index in [0.29, 0.717) is 15.4 Å². The summed E-state index contributed by atoms with van der Waals surface area (Å²) in [5.41, 5.74) is -0.176. The van der Waals surface area contributed by atoms with Gasteiger partial charge in [0, 0.05) is 6.20 Å². The third-order valence-corrected chi connectivity index (χ3v) is 3.73. The summed E-state index contributed by atoms with van der Waals surface area (Å²) in [6.07, 6.45) is -2.88. The highest BCUT2D eigenvalue weighted by Crippen LogP contribution is 2.38. The average molecular weight is 296 g/mol. The molecule has 0 unspecified atom stereocenters. The molecular formula is C13H7F3N2OS. The van der Waals surface area contributed by atoms with Gasteiger partial charge in [0.2, 0.25) is 0 Å². The molecule has 1 aromatic carbocycles. The van der Waals surface area contributed by atoms with E-state index < -0.39 is 11.7 Å². The van der Waals surface area contributed by atoms with E-state index in [4.69, 9.17) is 0 Å². The monoisotopic (exact) mass is 296 g/mol. The molecule has 0 bridgehead atoms. The Morgan fingerprint density at radius 2 is 1.95 bits per heavy atom. The summed E-state index contributed by atoms with van der Waals surface area (Å²) < 4.78 is 38.1. The Kier molecular flexibility index (Phi) is 2.86. The van der Waals surface area contributed by atoms with E-state index in [1.54, 1.807) is 18.3 Å². The molecule has 3 nitrogen and oxygen atoms in total. The number of aromatic hydroxyl groups is 1. The van der Waals surface area contributed by atoms with Crippen LogP contribution in [0.15, 0.2) is 36.5 Å². The Morgan fingerprint density at radius 1 is 1.15 bits per heavy atom. The Morgan fingerprint density at radius 3 is 2.65 bits per heavy atom. The molecule has 0 saturated carbocycles. The topological polar surface area (TPSA) is 46.0 Å². The van der Waals surface area contributed by atoms with Gasteiger partial charge in [0.25, 0.3) is 0 Å². The fourth-order valence-corrected chi connectivity index (χ4v) is 2.70. The van der Waals surface area contributed by atoms with Crippen molar-refractivity contribution in [3.8, 4) is 16.3 Å². The lowest BCUT2D eigenvalue weighted by Crippen LogP contribution is -2.04. The van der Waals surface area contributed by atoms with E-state index in [2.05, 4.69) is 9.97 Å². The molecule has 0 fully saturated rings. The standard InChI is InChI=1S/C13H7F3N2OS/c14-13(15,16)7-3-4-10(19)8(6-7)11-18-9-2-1-5-17-12(9)20-11/h1-6,19H. The van der Waals surface area contributed by atoms with Crippen LogP contribution in [0.1, 0.15) is 5.56 Å². The number of alkyl halides is 3. The van der Waals surface area contributed by atoms with E-state index in [0.717, 1.165) is 29.5 Å². The first-order valence-electron chi connectivity index (χ1n) is 5.57. The van der Waals surface area contributed by atoms with Crippen LogP contribution in [-0.2, 0) is 6.18 Å². The normalized spacial score (nSPS) is 11.9. The largest absolute Gasteiger partial charge is 0.507 e. The summed E-state index contributed by atoms with van der Waals surface area (Å²) in [6, 6.07) is 6.17. The molecule has 0 amide bonds. The van der Waals surface area contributed by atoms with Crippen molar-refractivity contribution in [3.05, 3.63) is 42.1 Å². The van der Waals surface area contributed by atoms with Crippen molar-refractivity contribution >= 4 is 21.7 Å². The van der Waals surface area contributed by atoms with Crippen molar-refractivity contribution in [1.82, 2.24) is 9.97 Å². The van der Waals surface area contributed by atoms with Gasteiger partial charge in [-0.15, -0.1) is 0 Å². The van der Waals surface area contributed by atoms with Gasteiger partial charge in [-0.05, 0) is 30.3 Å². The van der Waals surface area contributed by atoms with Crippen LogP contribution in [0.25, 0.3) is 20.9 Å². The van der Waals surface area contributed by atoms with E-state index >= 15 is 0 Å². The van der Waals surface area contributed by atoms with Gasteiger partial charge in [-0.25, -0.2) is 9.97 Å². The van der Waals surface area contributed by atoms with Crippen LogP contribution in [0, 0.1) is 0 Å². The first-order valence-corrected chi connectivity index (χ1v) is 6.39. The summed E-state index contributed by atoms with van der Waals surface area (Å²) in [5, 5.41) is 10.1. The lowest BCUT2D eigenvalue weighted by atomic mass is 10.1. The number of hydrogen-bond donors (Lipinski definition) is 1. The Labute approximate surface area is 115 Å². The number of hydrogen-bond acceptors (Lipinski definition) is 4. The van der Waals surface area contributed by atoms with Crippen molar-refractivity contribution in [3.63, 3.8) is 0 Å². The molecule has 0 radical (unpaired) electrons. The van der Waals surface area contributed by atoms with Gasteiger partial charge in [-0.1, -0.05) is 11.3 Å². The van der Waals surface area contributed by atoms with Crippen LogP contribution in [0.5, 0.6) is 5.75 Å². The zero-order valence-electron chi connectivity index (χ0n) is 9.85. The number of benzene rings is 1. The van der Waals surface area contributed by atoms with E-state index in [1.807, 2.05) is 0 Å². The summed E-state index contributed by atoms with van der Waals surface area (Å²) in [6.45, 7) is 0. The molecule has 0 aliphatic heterocycles. The molecule has 2 heterocycles. The molecule has 0 atom stereocenters. The molecule has 0 aliphatic carbocycles. The number of pyridine rings is 1. The van der Waals surface area contributed by atoms with Gasteiger partial charge in [-0.2, -0.15) is 13.2 Å². The van der Waals surface area contributed by atoms with E-state index in [9.17, 15) is 18.3 Å². The van der Waals surface area contributed by atoms with Crippen LogP contribution < -0.4 is 0 Å². The van der Waals surface area contributed by atoms with Gasteiger partial charge in [0.05, 0.1) is 11.1 Å². The second-order valence-electron chi connectivity index (χ2n) is 4.08. The maximum atomic E-state index is 12.7. The Hall–Kier alpha value is -2.15. The lowest BCUT2D eigenvalue weighted by molar-refractivity contribution is -0.137. The summed E-state index contributed by atoms with van der Waals surface area (Å²) in [4.78, 5) is 8.89. The number of fused-ring (bicyclic) bond motifs is 1. The first kappa shape index (κ1) is 12.9.